The molecule has 322 valence electrons. The monoisotopic (exact) mass is 801 g/mol. The summed E-state index contributed by atoms with van der Waals surface area (Å²) < 4.78 is 5.19. The van der Waals surface area contributed by atoms with E-state index < -0.39 is 31.3 Å². The number of nitrogens with one attached hydrogen (secondary N) is 2. The molecule has 0 aliphatic rings. The second kappa shape index (κ2) is 43.6. The molecule has 2 amide bonds. The Hall–Kier alpha value is -4.53. The fourth-order valence-corrected chi connectivity index (χ4v) is 5.12. The molecule has 0 saturated carbocycles. The molecule has 0 aliphatic heterocycles. The van der Waals surface area contributed by atoms with E-state index >= 15 is 0 Å². The maximum Gasteiger partial charge on any atom is 0.329 e. The second-order valence-corrected chi connectivity index (χ2v) is 13.6. The van der Waals surface area contributed by atoms with Crippen molar-refractivity contribution in [3.8, 4) is 0 Å². The smallest absolute Gasteiger partial charge is 0.329 e. The first-order chi connectivity index (χ1) is 28.5. The van der Waals surface area contributed by atoms with E-state index in [0.29, 0.717) is 32.2 Å². The maximum atomic E-state index is 12.8. The number of esters is 1. The molecule has 58 heavy (non-hydrogen) atoms. The number of ether oxygens (including phenoxy) is 1. The predicted molar refractivity (Wildman–Crippen MR) is 244 cm³/mol. The third-order valence-corrected chi connectivity index (χ3v) is 8.37. The predicted octanol–water partition coefficient (Wildman–Crippen LogP) is 10.7. The average molecular weight is 801 g/mol. The summed E-state index contributed by atoms with van der Waals surface area (Å²) in [6.07, 6.45) is 59.9. The topological polar surface area (TPSA) is 125 Å². The third-order valence-electron chi connectivity index (χ3n) is 8.37. The molecule has 8 heteroatoms. The number of aliphatic hydroxyl groups is 2. The summed E-state index contributed by atoms with van der Waals surface area (Å²) >= 11 is 0. The highest BCUT2D eigenvalue weighted by Gasteiger charge is 2.24. The number of rotatable bonds is 36. The summed E-state index contributed by atoms with van der Waals surface area (Å²) in [7, 11) is 0. The van der Waals surface area contributed by atoms with E-state index in [1.54, 1.807) is 0 Å². The minimum atomic E-state index is -1.06. The molecule has 0 saturated heterocycles. The van der Waals surface area contributed by atoms with E-state index in [1.165, 1.54) is 0 Å². The van der Waals surface area contributed by atoms with Crippen molar-refractivity contribution in [1.82, 2.24) is 10.6 Å². The fraction of sp³-hybridized carbons (Fsp3) is 0.500. The molecule has 0 heterocycles. The lowest BCUT2D eigenvalue weighted by molar-refractivity contribution is -0.157. The highest BCUT2D eigenvalue weighted by Crippen LogP contribution is 2.06. The SMILES string of the molecule is CC/C=C\C/C=C\C/C=C\C/C=C\C/C=C\C/C=C\CCC(=O)NCCC[C@H](NC(=O)CCC/C=C\C/C=C\C/C=C\C/C=C\C/C=C\CC)C(=O)OC(CO)CO. The summed E-state index contributed by atoms with van der Waals surface area (Å²) in [4.78, 5) is 37.8. The van der Waals surface area contributed by atoms with Gasteiger partial charge in [-0.2, -0.15) is 0 Å². The molecule has 0 unspecified atom stereocenters. The Bertz CT molecular complexity index is 1360. The average Bonchev–Trinajstić information content (AvgIpc) is 3.22. The van der Waals surface area contributed by atoms with Crippen LogP contribution >= 0.6 is 0 Å². The summed E-state index contributed by atoms with van der Waals surface area (Å²) in [5, 5.41) is 24.3. The highest BCUT2D eigenvalue weighted by molar-refractivity contribution is 5.84. The zero-order valence-corrected chi connectivity index (χ0v) is 35.7. The van der Waals surface area contributed by atoms with Gasteiger partial charge in [0.2, 0.25) is 11.8 Å². The molecule has 0 spiro atoms. The van der Waals surface area contributed by atoms with Crippen LogP contribution < -0.4 is 10.6 Å². The Kier molecular flexibility index (Phi) is 40.2. The quantitative estimate of drug-likeness (QED) is 0.0284. The first-order valence-corrected chi connectivity index (χ1v) is 21.6. The Balaban J connectivity index is 4.33. The van der Waals surface area contributed by atoms with Gasteiger partial charge in [-0.3, -0.25) is 9.59 Å². The first-order valence-electron chi connectivity index (χ1n) is 21.6. The van der Waals surface area contributed by atoms with Gasteiger partial charge in [0.25, 0.3) is 0 Å². The molecule has 0 aromatic rings. The number of hydrogen-bond donors (Lipinski definition) is 4. The van der Waals surface area contributed by atoms with E-state index in [-0.39, 0.29) is 24.7 Å². The molecule has 0 aliphatic carbocycles. The molecule has 0 aromatic carbocycles. The molecule has 0 fully saturated rings. The lowest BCUT2D eigenvalue weighted by atomic mass is 10.1. The summed E-state index contributed by atoms with van der Waals surface area (Å²) in [6.45, 7) is 3.57. The van der Waals surface area contributed by atoms with Crippen molar-refractivity contribution in [2.75, 3.05) is 19.8 Å². The normalized spacial score (nSPS) is 13.5. The number of amides is 2. The van der Waals surface area contributed by atoms with Crippen LogP contribution in [0.2, 0.25) is 0 Å². The zero-order chi connectivity index (χ0) is 42.4. The summed E-state index contributed by atoms with van der Waals surface area (Å²) in [5.41, 5.74) is 0. The molecule has 0 aromatic heterocycles. The Morgan fingerprint density at radius 1 is 0.483 bits per heavy atom. The zero-order valence-electron chi connectivity index (χ0n) is 35.7. The van der Waals surface area contributed by atoms with Crippen molar-refractivity contribution in [3.63, 3.8) is 0 Å². The van der Waals surface area contributed by atoms with Gasteiger partial charge in [-0.05, 0) is 103 Å². The number of carbonyl (C=O) groups is 3. The Labute approximate surface area is 351 Å². The number of hydrogen-bond acceptors (Lipinski definition) is 6. The van der Waals surface area contributed by atoms with Gasteiger partial charge in [0.05, 0.1) is 13.2 Å². The molecule has 0 radical (unpaired) electrons. The van der Waals surface area contributed by atoms with Crippen molar-refractivity contribution in [2.45, 2.75) is 142 Å². The molecule has 1 atom stereocenters. The standard InChI is InChI=1S/C50H76N2O6/c1-3-5-7-9-11-13-15-17-19-21-22-24-25-27-29-31-33-35-37-41-48(55)51-43-39-40-47(50(57)58-46(44-53)45-54)52-49(56)42-38-36-34-32-30-28-26-23-20-18-16-14-12-10-8-6-4-2/h5-8,11-14,17-20,22,24,26-29,32-35,46-47,53-54H,3-4,9-10,15-16,21,23,25,30-31,36-45H2,1-2H3,(H,51,55)(H,52,56)/b7-5-,8-6-,13-11-,14-12-,19-17-,20-18-,24-22-,28-26-,29-27-,34-32-,35-33-/t47-/m0/s1. The first kappa shape index (κ1) is 53.5. The number of unbranched alkanes of at least 4 members (excludes halogenated alkanes) is 1. The van der Waals surface area contributed by atoms with Gasteiger partial charge in [0.1, 0.15) is 12.1 Å². The minimum absolute atomic E-state index is 0.0849. The van der Waals surface area contributed by atoms with Crippen LogP contribution in [-0.4, -0.2) is 59.9 Å². The molecule has 8 nitrogen and oxygen atoms in total. The van der Waals surface area contributed by atoms with E-state index in [0.717, 1.165) is 77.0 Å². The Morgan fingerprint density at radius 2 is 0.862 bits per heavy atom. The van der Waals surface area contributed by atoms with Crippen LogP contribution in [0.1, 0.15) is 129 Å². The largest absolute Gasteiger partial charge is 0.456 e. The van der Waals surface area contributed by atoms with Crippen molar-refractivity contribution >= 4 is 17.8 Å². The van der Waals surface area contributed by atoms with Crippen molar-refractivity contribution in [3.05, 3.63) is 134 Å². The maximum absolute atomic E-state index is 12.8. The number of carbonyl (C=O) groups excluding carboxylic acids is 3. The summed E-state index contributed by atoms with van der Waals surface area (Å²) in [6, 6.07) is -0.947. The molecular formula is C50H76N2O6. The minimum Gasteiger partial charge on any atom is -0.456 e. The van der Waals surface area contributed by atoms with Crippen LogP contribution in [-0.2, 0) is 19.1 Å². The third kappa shape index (κ3) is 38.3. The van der Waals surface area contributed by atoms with Crippen molar-refractivity contribution in [2.24, 2.45) is 0 Å². The molecule has 4 N–H and O–H groups in total. The lowest BCUT2D eigenvalue weighted by Gasteiger charge is -2.20. The van der Waals surface area contributed by atoms with E-state index in [4.69, 9.17) is 4.74 Å². The summed E-state index contributed by atoms with van der Waals surface area (Å²) in [5.74, 6) is -1.08. The molecule has 0 bridgehead atoms. The van der Waals surface area contributed by atoms with Crippen LogP contribution in [0.25, 0.3) is 0 Å². The van der Waals surface area contributed by atoms with Gasteiger partial charge >= 0.3 is 5.97 Å². The van der Waals surface area contributed by atoms with Gasteiger partial charge < -0.3 is 25.6 Å². The second-order valence-electron chi connectivity index (χ2n) is 13.6. The lowest BCUT2D eigenvalue weighted by Crippen LogP contribution is -2.44. The molecule has 0 rings (SSSR count). The van der Waals surface area contributed by atoms with Gasteiger partial charge in [-0.15, -0.1) is 0 Å². The van der Waals surface area contributed by atoms with Gasteiger partial charge in [0, 0.05) is 19.4 Å². The van der Waals surface area contributed by atoms with Gasteiger partial charge in [-0.25, -0.2) is 4.79 Å². The number of allylic oxidation sites excluding steroid dienone is 22. The van der Waals surface area contributed by atoms with Crippen LogP contribution in [0.4, 0.5) is 0 Å². The van der Waals surface area contributed by atoms with E-state index in [2.05, 4.69) is 152 Å². The van der Waals surface area contributed by atoms with Crippen molar-refractivity contribution in [1.29, 1.82) is 0 Å². The van der Waals surface area contributed by atoms with Crippen LogP contribution in [0.3, 0.4) is 0 Å². The van der Waals surface area contributed by atoms with Gasteiger partial charge in [-0.1, -0.05) is 148 Å². The van der Waals surface area contributed by atoms with Crippen molar-refractivity contribution < 1.29 is 29.3 Å². The number of aliphatic hydroxyl groups excluding tert-OH is 2. The van der Waals surface area contributed by atoms with Crippen LogP contribution in [0.15, 0.2) is 134 Å². The van der Waals surface area contributed by atoms with Crippen LogP contribution in [0, 0.1) is 0 Å². The van der Waals surface area contributed by atoms with E-state index in [9.17, 15) is 24.6 Å². The van der Waals surface area contributed by atoms with Gasteiger partial charge in [0.15, 0.2) is 0 Å². The molecular weight excluding hydrogens is 725 g/mol. The van der Waals surface area contributed by atoms with E-state index in [1.807, 2.05) is 6.08 Å². The fourth-order valence-electron chi connectivity index (χ4n) is 5.12. The van der Waals surface area contributed by atoms with Crippen LogP contribution in [0.5, 0.6) is 0 Å². The Morgan fingerprint density at radius 3 is 1.26 bits per heavy atom. The highest BCUT2D eigenvalue weighted by atomic mass is 16.6.